The predicted octanol–water partition coefficient (Wildman–Crippen LogP) is 3.53. The van der Waals surface area contributed by atoms with Gasteiger partial charge in [-0.15, -0.1) is 0 Å². The third-order valence-electron chi connectivity index (χ3n) is 3.55. The molecule has 120 valence electrons. The van der Waals surface area contributed by atoms with Gasteiger partial charge in [0.15, 0.2) is 5.69 Å². The number of hydrogen-bond donors (Lipinski definition) is 0. The molecule has 0 aromatic carbocycles. The van der Waals surface area contributed by atoms with Crippen molar-refractivity contribution in [3.8, 4) is 11.1 Å². The van der Waals surface area contributed by atoms with Gasteiger partial charge in [0.1, 0.15) is 5.82 Å². The van der Waals surface area contributed by atoms with Crippen LogP contribution in [0.25, 0.3) is 11.1 Å². The van der Waals surface area contributed by atoms with Crippen LogP contribution >= 0.6 is 0 Å². The van der Waals surface area contributed by atoms with Crippen molar-refractivity contribution < 1.29 is 18.3 Å². The van der Waals surface area contributed by atoms with Gasteiger partial charge in [0.2, 0.25) is 0 Å². The number of aromatic nitrogens is 3. The number of ether oxygens (including phenoxy) is 1. The summed E-state index contributed by atoms with van der Waals surface area (Å²) in [4.78, 5) is 24.4. The first-order valence-electron chi connectivity index (χ1n) is 7.37. The maximum atomic E-state index is 12.9. The fourth-order valence-electron chi connectivity index (χ4n) is 2.21. The van der Waals surface area contributed by atoms with E-state index >= 15 is 0 Å². The Bertz CT molecular complexity index is 716. The van der Waals surface area contributed by atoms with Crippen LogP contribution in [-0.4, -0.2) is 27.5 Å². The molecule has 7 heteroatoms. The van der Waals surface area contributed by atoms with E-state index in [0.29, 0.717) is 11.5 Å². The first kappa shape index (κ1) is 15.5. The second kappa shape index (κ2) is 6.36. The smallest absolute Gasteiger partial charge is 0.357 e. The summed E-state index contributed by atoms with van der Waals surface area (Å²) in [6.07, 6.45) is 3.51. The quantitative estimate of drug-likeness (QED) is 0.789. The number of nitrogens with zero attached hydrogens (tertiary/aromatic N) is 3. The van der Waals surface area contributed by atoms with E-state index in [1.54, 1.807) is 6.92 Å². The molecule has 0 amide bonds. The van der Waals surface area contributed by atoms with E-state index in [1.807, 2.05) is 0 Å². The number of carbonyl (C=O) groups is 1. The van der Waals surface area contributed by atoms with E-state index in [0.717, 1.165) is 24.9 Å². The molecule has 5 nitrogen and oxygen atoms in total. The van der Waals surface area contributed by atoms with Gasteiger partial charge in [0.25, 0.3) is 6.43 Å². The summed E-state index contributed by atoms with van der Waals surface area (Å²) >= 11 is 0. The van der Waals surface area contributed by atoms with Gasteiger partial charge in [-0.1, -0.05) is 0 Å². The highest BCUT2D eigenvalue weighted by Crippen LogP contribution is 2.38. The third-order valence-corrected chi connectivity index (χ3v) is 3.55. The SMILES string of the molecule is CCOC(=O)c1ncc(C(F)F)cc1-c1cnc(C2CC2)nc1. The van der Waals surface area contributed by atoms with Crippen LogP contribution in [0.4, 0.5) is 8.78 Å². The summed E-state index contributed by atoms with van der Waals surface area (Å²) in [5.41, 5.74) is 0.439. The molecular formula is C16H15F2N3O2. The van der Waals surface area contributed by atoms with E-state index in [4.69, 9.17) is 4.74 Å². The van der Waals surface area contributed by atoms with Crippen molar-refractivity contribution in [2.24, 2.45) is 0 Å². The summed E-state index contributed by atoms with van der Waals surface area (Å²) in [5.74, 6) is 0.470. The lowest BCUT2D eigenvalue weighted by atomic mass is 10.0. The molecule has 0 aliphatic heterocycles. The minimum atomic E-state index is -2.68. The molecule has 0 bridgehead atoms. The number of rotatable bonds is 5. The van der Waals surface area contributed by atoms with Crippen LogP contribution in [0, 0.1) is 0 Å². The minimum absolute atomic E-state index is 0.0148. The molecule has 1 saturated carbocycles. The van der Waals surface area contributed by atoms with Crippen molar-refractivity contribution in [3.63, 3.8) is 0 Å². The van der Waals surface area contributed by atoms with Crippen molar-refractivity contribution in [3.05, 3.63) is 41.7 Å². The molecule has 0 radical (unpaired) electrons. The van der Waals surface area contributed by atoms with Gasteiger partial charge in [0.05, 0.1) is 6.61 Å². The largest absolute Gasteiger partial charge is 0.461 e. The monoisotopic (exact) mass is 319 g/mol. The van der Waals surface area contributed by atoms with Crippen LogP contribution in [-0.2, 0) is 4.74 Å². The zero-order chi connectivity index (χ0) is 16.4. The van der Waals surface area contributed by atoms with Gasteiger partial charge in [-0.2, -0.15) is 0 Å². The number of esters is 1. The third kappa shape index (κ3) is 3.33. The molecule has 2 aromatic heterocycles. The molecule has 0 unspecified atom stereocenters. The van der Waals surface area contributed by atoms with Crippen LogP contribution in [0.3, 0.4) is 0 Å². The Labute approximate surface area is 131 Å². The van der Waals surface area contributed by atoms with Gasteiger partial charge in [-0.05, 0) is 25.8 Å². The molecule has 2 aromatic rings. The van der Waals surface area contributed by atoms with Gasteiger partial charge in [0, 0.05) is 41.2 Å². The van der Waals surface area contributed by atoms with E-state index in [9.17, 15) is 13.6 Å². The molecule has 0 saturated heterocycles. The Hall–Kier alpha value is -2.44. The Morgan fingerprint density at radius 1 is 1.26 bits per heavy atom. The standard InChI is InChI=1S/C16H15F2N3O2/c1-2-23-16(22)13-12(5-10(6-19-13)14(17)18)11-7-20-15(21-8-11)9-3-4-9/h5-9,14H,2-4H2,1H3. The average molecular weight is 319 g/mol. The van der Waals surface area contributed by atoms with Crippen LogP contribution in [0.15, 0.2) is 24.7 Å². The highest BCUT2D eigenvalue weighted by Gasteiger charge is 2.26. The lowest BCUT2D eigenvalue weighted by Crippen LogP contribution is -2.10. The fraction of sp³-hybridized carbons (Fsp3) is 0.375. The minimum Gasteiger partial charge on any atom is -0.461 e. The first-order chi connectivity index (χ1) is 11.1. The highest BCUT2D eigenvalue weighted by atomic mass is 19.3. The summed E-state index contributed by atoms with van der Waals surface area (Å²) in [5, 5.41) is 0. The van der Waals surface area contributed by atoms with E-state index in [2.05, 4.69) is 15.0 Å². The van der Waals surface area contributed by atoms with Gasteiger partial charge >= 0.3 is 5.97 Å². The molecule has 1 aliphatic carbocycles. The van der Waals surface area contributed by atoms with Crippen molar-refractivity contribution in [1.29, 1.82) is 0 Å². The Morgan fingerprint density at radius 3 is 2.52 bits per heavy atom. The zero-order valence-electron chi connectivity index (χ0n) is 12.5. The topological polar surface area (TPSA) is 65.0 Å². The van der Waals surface area contributed by atoms with Crippen LogP contribution in [0.1, 0.15) is 54.0 Å². The summed E-state index contributed by atoms with van der Waals surface area (Å²) in [6, 6.07) is 1.24. The van der Waals surface area contributed by atoms with E-state index in [-0.39, 0.29) is 23.4 Å². The Morgan fingerprint density at radius 2 is 1.96 bits per heavy atom. The number of halogens is 2. The summed E-state index contributed by atoms with van der Waals surface area (Å²) in [7, 11) is 0. The molecule has 0 spiro atoms. The Balaban J connectivity index is 2.02. The van der Waals surface area contributed by atoms with Crippen LogP contribution in [0.2, 0.25) is 0 Å². The number of alkyl halides is 2. The van der Waals surface area contributed by atoms with Crippen molar-refractivity contribution >= 4 is 5.97 Å². The first-order valence-corrected chi connectivity index (χ1v) is 7.37. The van der Waals surface area contributed by atoms with Crippen molar-refractivity contribution in [2.45, 2.75) is 32.1 Å². The predicted molar refractivity (Wildman–Crippen MR) is 78.2 cm³/mol. The molecule has 0 N–H and O–H groups in total. The average Bonchev–Trinajstić information content (AvgIpc) is 3.39. The summed E-state index contributed by atoms with van der Waals surface area (Å²) < 4.78 is 30.8. The maximum Gasteiger partial charge on any atom is 0.357 e. The second-order valence-corrected chi connectivity index (χ2v) is 5.29. The van der Waals surface area contributed by atoms with E-state index in [1.165, 1.54) is 18.5 Å². The number of pyridine rings is 1. The lowest BCUT2D eigenvalue weighted by molar-refractivity contribution is 0.0520. The Kier molecular flexibility index (Phi) is 4.27. The van der Waals surface area contributed by atoms with E-state index < -0.39 is 12.4 Å². The number of hydrogen-bond acceptors (Lipinski definition) is 5. The van der Waals surface area contributed by atoms with Gasteiger partial charge < -0.3 is 4.74 Å². The lowest BCUT2D eigenvalue weighted by Gasteiger charge is -2.10. The van der Waals surface area contributed by atoms with Crippen molar-refractivity contribution in [2.75, 3.05) is 6.61 Å². The normalized spacial score (nSPS) is 14.1. The maximum absolute atomic E-state index is 12.9. The molecule has 0 atom stereocenters. The molecule has 1 aliphatic rings. The van der Waals surface area contributed by atoms with Crippen LogP contribution in [0.5, 0.6) is 0 Å². The van der Waals surface area contributed by atoms with Gasteiger partial charge in [-0.3, -0.25) is 0 Å². The van der Waals surface area contributed by atoms with Crippen LogP contribution < -0.4 is 0 Å². The molecule has 23 heavy (non-hydrogen) atoms. The molecular weight excluding hydrogens is 304 g/mol. The van der Waals surface area contributed by atoms with Crippen molar-refractivity contribution in [1.82, 2.24) is 15.0 Å². The zero-order valence-corrected chi connectivity index (χ0v) is 12.5. The second-order valence-electron chi connectivity index (χ2n) is 5.29. The number of carbonyl (C=O) groups excluding carboxylic acids is 1. The fourth-order valence-corrected chi connectivity index (χ4v) is 2.21. The molecule has 2 heterocycles. The molecule has 1 fully saturated rings. The van der Waals surface area contributed by atoms with Gasteiger partial charge in [-0.25, -0.2) is 28.5 Å². The highest BCUT2D eigenvalue weighted by molar-refractivity contribution is 5.95. The molecule has 3 rings (SSSR count). The summed E-state index contributed by atoms with van der Waals surface area (Å²) in [6.45, 7) is 1.84.